The third kappa shape index (κ3) is 3.85. The Labute approximate surface area is 168 Å². The third-order valence-corrected chi connectivity index (χ3v) is 4.72. The number of carbonyl (C=O) groups is 2. The summed E-state index contributed by atoms with van der Waals surface area (Å²) in [6, 6.07) is 12.9. The number of benzene rings is 2. The minimum absolute atomic E-state index is 0.103. The second kappa shape index (κ2) is 7.43. The summed E-state index contributed by atoms with van der Waals surface area (Å²) in [5, 5.41) is 7.28. The van der Waals surface area contributed by atoms with Gasteiger partial charge in [-0.2, -0.15) is 5.10 Å². The fraction of sp³-hybridized carbons (Fsp3) is 0.227. The van der Waals surface area contributed by atoms with Crippen molar-refractivity contribution < 1.29 is 19.1 Å². The summed E-state index contributed by atoms with van der Waals surface area (Å²) >= 11 is 0. The van der Waals surface area contributed by atoms with Crippen LogP contribution in [0, 0.1) is 13.8 Å². The summed E-state index contributed by atoms with van der Waals surface area (Å²) < 4.78 is 12.5. The number of carbonyl (C=O) groups excluding carboxylic acids is 2. The van der Waals surface area contributed by atoms with Crippen molar-refractivity contribution in [3.05, 3.63) is 65.0 Å². The third-order valence-electron chi connectivity index (χ3n) is 4.72. The van der Waals surface area contributed by atoms with E-state index in [2.05, 4.69) is 10.4 Å². The minimum atomic E-state index is -0.217. The molecule has 1 amide bonds. The van der Waals surface area contributed by atoms with Gasteiger partial charge in [-0.1, -0.05) is 12.1 Å². The molecule has 4 rings (SSSR count). The maximum absolute atomic E-state index is 12.6. The van der Waals surface area contributed by atoms with Crippen molar-refractivity contribution >= 4 is 17.4 Å². The molecular formula is C22H21N3O4. The number of rotatable bonds is 5. The zero-order valence-corrected chi connectivity index (χ0v) is 16.5. The summed E-state index contributed by atoms with van der Waals surface area (Å²) in [6.45, 7) is 5.50. The van der Waals surface area contributed by atoms with E-state index >= 15 is 0 Å². The number of ketones is 1. The molecule has 0 fully saturated rings. The van der Waals surface area contributed by atoms with E-state index < -0.39 is 0 Å². The Bertz CT molecular complexity index is 1100. The fourth-order valence-corrected chi connectivity index (χ4v) is 3.36. The van der Waals surface area contributed by atoms with E-state index in [-0.39, 0.29) is 24.9 Å². The van der Waals surface area contributed by atoms with Gasteiger partial charge in [0.25, 0.3) is 0 Å². The Balaban J connectivity index is 1.49. The van der Waals surface area contributed by atoms with Crippen molar-refractivity contribution in [3.63, 3.8) is 0 Å². The molecule has 2 aromatic carbocycles. The number of anilines is 1. The molecule has 0 spiro atoms. The molecular weight excluding hydrogens is 370 g/mol. The Hall–Kier alpha value is -3.61. The topological polar surface area (TPSA) is 82.5 Å². The number of aryl methyl sites for hydroxylation is 2. The van der Waals surface area contributed by atoms with Gasteiger partial charge < -0.3 is 14.8 Å². The molecule has 0 bridgehead atoms. The Kier molecular flexibility index (Phi) is 4.80. The Morgan fingerprint density at radius 3 is 2.38 bits per heavy atom. The quantitative estimate of drug-likeness (QED) is 0.672. The van der Waals surface area contributed by atoms with Crippen molar-refractivity contribution in [2.75, 3.05) is 12.1 Å². The molecule has 0 saturated heterocycles. The lowest BCUT2D eigenvalue weighted by molar-refractivity contribution is -0.115. The fourth-order valence-electron chi connectivity index (χ4n) is 3.36. The van der Waals surface area contributed by atoms with Gasteiger partial charge in [0.2, 0.25) is 12.7 Å². The van der Waals surface area contributed by atoms with Crippen LogP contribution in [0.4, 0.5) is 5.69 Å². The molecule has 3 aromatic rings. The summed E-state index contributed by atoms with van der Waals surface area (Å²) in [5.41, 5.74) is 4.62. The summed E-state index contributed by atoms with van der Waals surface area (Å²) in [4.78, 5) is 24.5. The normalized spacial score (nSPS) is 12.1. The van der Waals surface area contributed by atoms with E-state index in [4.69, 9.17) is 9.47 Å². The number of fused-ring (bicyclic) bond motifs is 1. The number of hydrogen-bond donors (Lipinski definition) is 1. The van der Waals surface area contributed by atoms with Gasteiger partial charge in [0.15, 0.2) is 17.3 Å². The van der Waals surface area contributed by atoms with Crippen LogP contribution in [0.5, 0.6) is 11.5 Å². The highest BCUT2D eigenvalue weighted by Gasteiger charge is 2.20. The number of ether oxygens (including phenoxy) is 2. The molecule has 7 heteroatoms. The minimum Gasteiger partial charge on any atom is -0.454 e. The summed E-state index contributed by atoms with van der Waals surface area (Å²) in [6.07, 6.45) is 0.184. The monoisotopic (exact) mass is 391 g/mol. The predicted octanol–water partition coefficient (Wildman–Crippen LogP) is 3.60. The molecule has 1 aliphatic heterocycles. The first-order valence-corrected chi connectivity index (χ1v) is 9.28. The lowest BCUT2D eigenvalue weighted by Crippen LogP contribution is -2.16. The smallest absolute Gasteiger partial charge is 0.231 e. The van der Waals surface area contributed by atoms with Gasteiger partial charge in [-0.25, -0.2) is 4.68 Å². The standard InChI is InChI=1S/C22H21N3O4/c1-13-8-14(2)25(24-13)17-6-4-16(5-7-17)9-22(27)23-19-11-21-20(28-12-29-21)10-18(19)15(3)26/h4-8,10-11H,9,12H2,1-3H3,(H,23,27). The van der Waals surface area contributed by atoms with Crippen molar-refractivity contribution in [1.29, 1.82) is 0 Å². The second-order valence-corrected chi connectivity index (χ2v) is 7.04. The lowest BCUT2D eigenvalue weighted by Gasteiger charge is -2.11. The molecule has 0 saturated carbocycles. The molecule has 2 heterocycles. The van der Waals surface area contributed by atoms with Gasteiger partial charge in [0.1, 0.15) is 0 Å². The van der Waals surface area contributed by atoms with E-state index in [0.29, 0.717) is 22.7 Å². The maximum atomic E-state index is 12.6. The van der Waals surface area contributed by atoms with E-state index in [1.54, 1.807) is 12.1 Å². The largest absolute Gasteiger partial charge is 0.454 e. The Morgan fingerprint density at radius 1 is 1.07 bits per heavy atom. The van der Waals surface area contributed by atoms with Crippen molar-refractivity contribution in [2.24, 2.45) is 0 Å². The van der Waals surface area contributed by atoms with Crippen LogP contribution >= 0.6 is 0 Å². The number of hydrogen-bond acceptors (Lipinski definition) is 5. The van der Waals surface area contributed by atoms with E-state index in [9.17, 15) is 9.59 Å². The van der Waals surface area contributed by atoms with Crippen molar-refractivity contribution in [2.45, 2.75) is 27.2 Å². The van der Waals surface area contributed by atoms with Crippen LogP contribution < -0.4 is 14.8 Å². The zero-order chi connectivity index (χ0) is 20.5. The van der Waals surface area contributed by atoms with Crippen LogP contribution in [0.2, 0.25) is 0 Å². The van der Waals surface area contributed by atoms with E-state index in [1.165, 1.54) is 6.92 Å². The molecule has 148 valence electrons. The summed E-state index contributed by atoms with van der Waals surface area (Å²) in [7, 11) is 0. The highest BCUT2D eigenvalue weighted by atomic mass is 16.7. The van der Waals surface area contributed by atoms with Crippen molar-refractivity contribution in [1.82, 2.24) is 9.78 Å². The van der Waals surface area contributed by atoms with Gasteiger partial charge in [-0.15, -0.1) is 0 Å². The van der Waals surface area contributed by atoms with Gasteiger partial charge in [0, 0.05) is 17.3 Å². The highest BCUT2D eigenvalue weighted by molar-refractivity contribution is 6.05. The first-order valence-electron chi connectivity index (χ1n) is 9.28. The molecule has 1 aliphatic rings. The zero-order valence-electron chi connectivity index (χ0n) is 16.5. The molecule has 29 heavy (non-hydrogen) atoms. The number of aromatic nitrogens is 2. The van der Waals surface area contributed by atoms with Crippen LogP contribution in [0.25, 0.3) is 5.69 Å². The first-order chi connectivity index (χ1) is 13.9. The Morgan fingerprint density at radius 2 is 1.76 bits per heavy atom. The first kappa shape index (κ1) is 18.7. The van der Waals surface area contributed by atoms with Gasteiger partial charge in [-0.05, 0) is 50.6 Å². The number of nitrogens with one attached hydrogen (secondary N) is 1. The summed E-state index contributed by atoms with van der Waals surface area (Å²) in [5.74, 6) is 0.644. The lowest BCUT2D eigenvalue weighted by atomic mass is 10.1. The average molecular weight is 391 g/mol. The number of Topliss-reactive ketones (excluding diaryl/α,β-unsaturated/α-hetero) is 1. The number of nitrogens with zero attached hydrogens (tertiary/aromatic N) is 2. The van der Waals surface area contributed by atoms with Gasteiger partial charge >= 0.3 is 0 Å². The van der Waals surface area contributed by atoms with Crippen LogP contribution in [-0.4, -0.2) is 28.3 Å². The van der Waals surface area contributed by atoms with Crippen LogP contribution in [0.15, 0.2) is 42.5 Å². The molecule has 0 atom stereocenters. The highest BCUT2D eigenvalue weighted by Crippen LogP contribution is 2.37. The van der Waals surface area contributed by atoms with Crippen LogP contribution in [0.1, 0.15) is 34.2 Å². The van der Waals surface area contributed by atoms with E-state index in [0.717, 1.165) is 22.6 Å². The van der Waals surface area contributed by atoms with Gasteiger partial charge in [-0.3, -0.25) is 9.59 Å². The molecule has 7 nitrogen and oxygen atoms in total. The van der Waals surface area contributed by atoms with Gasteiger partial charge in [0.05, 0.1) is 23.5 Å². The average Bonchev–Trinajstić information content (AvgIpc) is 3.26. The SMILES string of the molecule is CC(=O)c1cc2c(cc1NC(=O)Cc1ccc(-n3nc(C)cc3C)cc1)OCO2. The molecule has 0 radical (unpaired) electrons. The molecule has 0 unspecified atom stereocenters. The van der Waals surface area contributed by atoms with Crippen molar-refractivity contribution in [3.8, 4) is 17.2 Å². The van der Waals surface area contributed by atoms with Crippen LogP contribution in [0.3, 0.4) is 0 Å². The van der Waals surface area contributed by atoms with Crippen LogP contribution in [-0.2, 0) is 11.2 Å². The number of amides is 1. The molecule has 0 aliphatic carbocycles. The predicted molar refractivity (Wildman–Crippen MR) is 108 cm³/mol. The molecule has 1 aromatic heterocycles. The maximum Gasteiger partial charge on any atom is 0.231 e. The molecule has 1 N–H and O–H groups in total. The van der Waals surface area contributed by atoms with E-state index in [1.807, 2.05) is 48.9 Å². The second-order valence-electron chi connectivity index (χ2n) is 7.04.